The van der Waals surface area contributed by atoms with Crippen molar-refractivity contribution in [1.29, 1.82) is 0 Å². The normalized spacial score (nSPS) is 43.6. The van der Waals surface area contributed by atoms with Gasteiger partial charge in [0, 0.05) is 5.92 Å². The van der Waals surface area contributed by atoms with E-state index in [1.54, 1.807) is 11.1 Å². The second kappa shape index (κ2) is 4.12. The van der Waals surface area contributed by atoms with E-state index in [9.17, 15) is 0 Å². The summed E-state index contributed by atoms with van der Waals surface area (Å²) in [4.78, 5) is 0. The summed E-state index contributed by atoms with van der Waals surface area (Å²) in [6.45, 7) is 8.99. The van der Waals surface area contributed by atoms with Crippen LogP contribution in [0.3, 0.4) is 0 Å². The molecule has 17 heavy (non-hydrogen) atoms. The summed E-state index contributed by atoms with van der Waals surface area (Å²) in [5, 5.41) is 0. The largest absolute Gasteiger partial charge is 0.375 e. The Kier molecular flexibility index (Phi) is 2.85. The van der Waals surface area contributed by atoms with Gasteiger partial charge in [0.25, 0.3) is 0 Å². The Labute approximate surface area is 106 Å². The summed E-state index contributed by atoms with van der Waals surface area (Å²) < 4.78 is 6.27. The summed E-state index contributed by atoms with van der Waals surface area (Å²) in [7, 11) is 0. The Bertz CT molecular complexity index is 337. The molecule has 96 valence electrons. The number of allylic oxidation sites excluding steroid dienone is 1. The quantitative estimate of drug-likeness (QED) is 0.651. The van der Waals surface area contributed by atoms with E-state index in [1.165, 1.54) is 25.7 Å². The minimum absolute atomic E-state index is 0.385. The number of hydrogen-bond donors (Lipinski definition) is 0. The lowest BCUT2D eigenvalue weighted by Crippen LogP contribution is -2.51. The molecule has 0 aromatic heterocycles. The monoisotopic (exact) mass is 234 g/mol. The van der Waals surface area contributed by atoms with E-state index in [-0.39, 0.29) is 0 Å². The molecule has 1 nitrogen and oxygen atoms in total. The molecule has 0 aliphatic heterocycles. The molecule has 0 amide bonds. The fourth-order valence-electron chi connectivity index (χ4n) is 4.93. The van der Waals surface area contributed by atoms with Crippen LogP contribution in [0.2, 0.25) is 0 Å². The summed E-state index contributed by atoms with van der Waals surface area (Å²) >= 11 is 0. The van der Waals surface area contributed by atoms with Crippen molar-refractivity contribution in [3.05, 3.63) is 11.1 Å². The molecular formula is C16H26O. The van der Waals surface area contributed by atoms with Crippen molar-refractivity contribution in [3.8, 4) is 0 Å². The van der Waals surface area contributed by atoms with Crippen LogP contribution in [-0.4, -0.2) is 12.2 Å². The Morgan fingerprint density at radius 1 is 1.12 bits per heavy atom. The van der Waals surface area contributed by atoms with Gasteiger partial charge in [-0.2, -0.15) is 0 Å². The zero-order valence-corrected chi connectivity index (χ0v) is 11.7. The molecule has 0 saturated heterocycles. The summed E-state index contributed by atoms with van der Waals surface area (Å²) in [5.41, 5.74) is 3.36. The average molecular weight is 234 g/mol. The molecule has 0 N–H and O–H groups in total. The lowest BCUT2D eigenvalue weighted by molar-refractivity contribution is -0.120. The summed E-state index contributed by atoms with van der Waals surface area (Å²) in [6.07, 6.45) is 6.65. The van der Waals surface area contributed by atoms with Gasteiger partial charge in [-0.15, -0.1) is 0 Å². The van der Waals surface area contributed by atoms with Crippen LogP contribution in [0.4, 0.5) is 0 Å². The minimum Gasteiger partial charge on any atom is -0.375 e. The fraction of sp³-hybridized carbons (Fsp3) is 0.875. The number of ether oxygens (including phenoxy) is 1. The van der Waals surface area contributed by atoms with Crippen LogP contribution >= 0.6 is 0 Å². The molecule has 0 heterocycles. The second-order valence-corrected chi connectivity index (χ2v) is 6.98. The molecule has 0 radical (unpaired) electrons. The van der Waals surface area contributed by atoms with Gasteiger partial charge in [0.2, 0.25) is 0 Å². The lowest BCUT2D eigenvalue weighted by Gasteiger charge is -2.56. The highest BCUT2D eigenvalue weighted by atomic mass is 16.5. The molecule has 4 aliphatic rings. The molecule has 4 bridgehead atoms. The molecule has 4 fully saturated rings. The lowest BCUT2D eigenvalue weighted by atomic mass is 9.52. The molecule has 4 aliphatic carbocycles. The first-order chi connectivity index (χ1) is 8.06. The van der Waals surface area contributed by atoms with E-state index < -0.39 is 0 Å². The molecule has 1 unspecified atom stereocenters. The van der Waals surface area contributed by atoms with Crippen LogP contribution in [0.5, 0.6) is 0 Å². The summed E-state index contributed by atoms with van der Waals surface area (Å²) in [6, 6.07) is 0. The smallest absolute Gasteiger partial charge is 0.0672 e. The SMILES string of the molecule is CC(C)=C1[C@@H]2C[C@H]3C[C@@H](C2)C(OC(C)C)[C@@H]1C3. The molecule has 0 aromatic rings. The van der Waals surface area contributed by atoms with Gasteiger partial charge in [0.15, 0.2) is 0 Å². The van der Waals surface area contributed by atoms with Gasteiger partial charge in [-0.05, 0) is 71.1 Å². The molecule has 4 saturated carbocycles. The zero-order valence-electron chi connectivity index (χ0n) is 11.7. The molecule has 1 heteroatoms. The van der Waals surface area contributed by atoms with E-state index in [2.05, 4.69) is 27.7 Å². The topological polar surface area (TPSA) is 9.23 Å². The minimum atomic E-state index is 0.385. The maximum absolute atomic E-state index is 6.27. The summed E-state index contributed by atoms with van der Waals surface area (Å²) in [5.74, 6) is 3.55. The highest BCUT2D eigenvalue weighted by Gasteiger charge is 2.51. The molecule has 0 aromatic carbocycles. The van der Waals surface area contributed by atoms with Crippen molar-refractivity contribution in [2.75, 3.05) is 0 Å². The number of rotatable bonds is 2. The molecule has 0 spiro atoms. The van der Waals surface area contributed by atoms with E-state index in [0.717, 1.165) is 23.7 Å². The Morgan fingerprint density at radius 3 is 2.53 bits per heavy atom. The predicted octanol–water partition coefficient (Wildman–Crippen LogP) is 4.18. The van der Waals surface area contributed by atoms with Crippen molar-refractivity contribution in [3.63, 3.8) is 0 Å². The third-order valence-corrected chi connectivity index (χ3v) is 5.14. The van der Waals surface area contributed by atoms with Gasteiger partial charge in [-0.1, -0.05) is 11.1 Å². The zero-order chi connectivity index (χ0) is 12.2. The molecule has 4 rings (SSSR count). The van der Waals surface area contributed by atoms with Crippen molar-refractivity contribution < 1.29 is 4.74 Å². The first-order valence-electron chi connectivity index (χ1n) is 7.39. The van der Waals surface area contributed by atoms with Crippen molar-refractivity contribution >= 4 is 0 Å². The van der Waals surface area contributed by atoms with Gasteiger partial charge in [-0.25, -0.2) is 0 Å². The van der Waals surface area contributed by atoms with E-state index >= 15 is 0 Å². The van der Waals surface area contributed by atoms with Crippen molar-refractivity contribution in [2.45, 2.75) is 65.6 Å². The number of hydrogen-bond acceptors (Lipinski definition) is 1. The Hall–Kier alpha value is -0.300. The van der Waals surface area contributed by atoms with Crippen LogP contribution in [0.25, 0.3) is 0 Å². The standard InChI is InChI=1S/C16H26O/c1-9(2)15-12-5-11-6-13(8-12)16(14(15)7-11)17-10(3)4/h10-14,16H,5-8H2,1-4H3/t11-,12+,13-,14+,16?/m0/s1. The third-order valence-electron chi connectivity index (χ3n) is 5.14. The van der Waals surface area contributed by atoms with E-state index in [1.807, 2.05) is 0 Å². The fourth-order valence-corrected chi connectivity index (χ4v) is 4.93. The van der Waals surface area contributed by atoms with Crippen LogP contribution in [0.15, 0.2) is 11.1 Å². The van der Waals surface area contributed by atoms with Gasteiger partial charge < -0.3 is 4.74 Å². The highest BCUT2D eigenvalue weighted by molar-refractivity contribution is 5.26. The third kappa shape index (κ3) is 1.87. The average Bonchev–Trinajstić information content (AvgIpc) is 2.21. The van der Waals surface area contributed by atoms with Crippen LogP contribution in [-0.2, 0) is 4.74 Å². The van der Waals surface area contributed by atoms with Gasteiger partial charge >= 0.3 is 0 Å². The van der Waals surface area contributed by atoms with Crippen molar-refractivity contribution in [1.82, 2.24) is 0 Å². The second-order valence-electron chi connectivity index (χ2n) is 6.98. The first kappa shape index (κ1) is 11.8. The highest BCUT2D eigenvalue weighted by Crippen LogP contribution is 2.58. The van der Waals surface area contributed by atoms with Gasteiger partial charge in [0.1, 0.15) is 0 Å². The first-order valence-corrected chi connectivity index (χ1v) is 7.39. The Morgan fingerprint density at radius 2 is 1.88 bits per heavy atom. The maximum Gasteiger partial charge on any atom is 0.0672 e. The van der Waals surface area contributed by atoms with Gasteiger partial charge in [0.05, 0.1) is 12.2 Å². The predicted molar refractivity (Wildman–Crippen MR) is 70.8 cm³/mol. The van der Waals surface area contributed by atoms with E-state index in [0.29, 0.717) is 12.2 Å². The van der Waals surface area contributed by atoms with Gasteiger partial charge in [-0.3, -0.25) is 0 Å². The van der Waals surface area contributed by atoms with Crippen LogP contribution in [0, 0.1) is 23.7 Å². The molecular weight excluding hydrogens is 208 g/mol. The van der Waals surface area contributed by atoms with Crippen LogP contribution in [0.1, 0.15) is 53.4 Å². The Balaban J connectivity index is 1.90. The van der Waals surface area contributed by atoms with Crippen LogP contribution < -0.4 is 0 Å². The molecule has 5 atom stereocenters. The van der Waals surface area contributed by atoms with Crippen molar-refractivity contribution in [2.24, 2.45) is 23.7 Å². The van der Waals surface area contributed by atoms with E-state index in [4.69, 9.17) is 4.74 Å². The maximum atomic E-state index is 6.27.